The Bertz CT molecular complexity index is 3050. The smallest absolute Gasteiger partial charge is 0.410 e. The molecule has 1 amide bonds. The number of aromatic nitrogens is 2. The third-order valence-corrected chi connectivity index (χ3v) is 14.2. The Balaban J connectivity index is 0.000000183. The summed E-state index contributed by atoms with van der Waals surface area (Å²) in [6.07, 6.45) is 3.34. The molecule has 14 nitrogen and oxygen atoms in total. The van der Waals surface area contributed by atoms with Crippen LogP contribution in [0.1, 0.15) is 68.7 Å². The van der Waals surface area contributed by atoms with Crippen LogP contribution in [0, 0.1) is 25.5 Å². The summed E-state index contributed by atoms with van der Waals surface area (Å²) in [5, 5.41) is 5.47. The molecule has 16 heteroatoms. The molecular weight excluding hydrogens is 935 g/mol. The van der Waals surface area contributed by atoms with Gasteiger partial charge in [-0.25, -0.2) is 13.6 Å². The summed E-state index contributed by atoms with van der Waals surface area (Å²) in [7, 11) is 0. The number of amides is 1. The highest BCUT2D eigenvalue weighted by atomic mass is 19.1. The molecule has 0 aliphatic carbocycles. The number of halogens is 2. The highest BCUT2D eigenvalue weighted by Gasteiger charge is 2.32. The second-order valence-electron chi connectivity index (χ2n) is 20.6. The summed E-state index contributed by atoms with van der Waals surface area (Å²) < 4.78 is 59.7. The van der Waals surface area contributed by atoms with Crippen LogP contribution in [0.15, 0.2) is 94.5 Å². The zero-order valence-electron chi connectivity index (χ0n) is 42.7. The van der Waals surface area contributed by atoms with Crippen molar-refractivity contribution in [3.8, 4) is 23.0 Å². The molecule has 0 radical (unpaired) electrons. The third kappa shape index (κ3) is 12.8. The van der Waals surface area contributed by atoms with Gasteiger partial charge in [0.1, 0.15) is 43.7 Å². The maximum atomic E-state index is 14.0. The first-order valence-corrected chi connectivity index (χ1v) is 25.7. The Morgan fingerprint density at radius 3 is 1.59 bits per heavy atom. The molecule has 0 unspecified atom stereocenters. The topological polar surface area (TPSA) is 129 Å². The van der Waals surface area contributed by atoms with E-state index >= 15 is 0 Å². The third-order valence-electron chi connectivity index (χ3n) is 14.2. The van der Waals surface area contributed by atoms with E-state index in [1.807, 2.05) is 63.8 Å². The molecule has 6 heterocycles. The maximum absolute atomic E-state index is 14.0. The number of carbonyl (C=O) groups excluding carboxylic acids is 1. The van der Waals surface area contributed by atoms with Crippen LogP contribution in [0.25, 0.3) is 21.8 Å². The number of nitrogens with one attached hydrogen (secondary N) is 1. The molecule has 0 atom stereocenters. The van der Waals surface area contributed by atoms with Crippen molar-refractivity contribution in [1.29, 1.82) is 0 Å². The maximum Gasteiger partial charge on any atom is 0.410 e. The molecule has 4 aliphatic rings. The van der Waals surface area contributed by atoms with Gasteiger partial charge in [-0.05, 0) is 156 Å². The first-order valence-electron chi connectivity index (χ1n) is 25.7. The number of benzene rings is 4. The van der Waals surface area contributed by atoms with Gasteiger partial charge in [0.25, 0.3) is 11.1 Å². The standard InChI is InChI=1S/C31H38FN3O5.C26H30FN3O3/c1-21-17-29(36)34(26-19-23(32)6-7-25(21)26)14-13-33-11-9-24(10-12-33)35(30(37)40-31(2,3)4)20-22-5-8-27-28(18-22)39-16-15-38-27;1-18-14-26(31)30(23-16-20(27)3-4-22(18)23)11-10-29-8-6-21(7-9-29)28-17-19-2-5-24-25(15-19)33-13-12-32-24/h5-8,17-19,24H,9-16,20H2,1-4H3;2-5,14-16,21,28H,6-13,17H2,1H3. The van der Waals surface area contributed by atoms with Gasteiger partial charge in [-0.15, -0.1) is 0 Å². The average molecular weight is 1000 g/mol. The predicted octanol–water partition coefficient (Wildman–Crippen LogP) is 8.60. The van der Waals surface area contributed by atoms with E-state index in [1.54, 1.807) is 33.4 Å². The summed E-state index contributed by atoms with van der Waals surface area (Å²) in [4.78, 5) is 45.2. The van der Waals surface area contributed by atoms with Crippen LogP contribution < -0.4 is 35.4 Å². The normalized spacial score (nSPS) is 16.5. The lowest BCUT2D eigenvalue weighted by Gasteiger charge is -2.39. The van der Waals surface area contributed by atoms with Gasteiger partial charge in [0.2, 0.25) is 0 Å². The average Bonchev–Trinajstić information content (AvgIpc) is 3.37. The molecule has 0 saturated carbocycles. The molecule has 1 N–H and O–H groups in total. The molecule has 0 bridgehead atoms. The number of hydrogen-bond acceptors (Lipinski definition) is 11. The van der Waals surface area contributed by atoms with E-state index in [-0.39, 0.29) is 34.9 Å². The van der Waals surface area contributed by atoms with Gasteiger partial charge in [-0.3, -0.25) is 9.59 Å². The minimum atomic E-state index is -0.605. The van der Waals surface area contributed by atoms with Crippen molar-refractivity contribution in [3.63, 3.8) is 0 Å². The summed E-state index contributed by atoms with van der Waals surface area (Å²) >= 11 is 0. The lowest BCUT2D eigenvalue weighted by molar-refractivity contribution is 0.00561. The van der Waals surface area contributed by atoms with Crippen LogP contribution in [0.2, 0.25) is 0 Å². The fraction of sp³-hybridized carbons (Fsp3) is 0.456. The first kappa shape index (κ1) is 51.4. The molecule has 0 spiro atoms. The van der Waals surface area contributed by atoms with Crippen molar-refractivity contribution in [2.45, 2.75) is 104 Å². The fourth-order valence-electron chi connectivity index (χ4n) is 10.3. The van der Waals surface area contributed by atoms with Gasteiger partial charge < -0.3 is 52.8 Å². The van der Waals surface area contributed by atoms with E-state index < -0.39 is 5.60 Å². The number of carbonyl (C=O) groups is 1. The molecule has 4 aliphatic heterocycles. The number of aryl methyl sites for hydroxylation is 2. The Labute approximate surface area is 425 Å². The van der Waals surface area contributed by atoms with E-state index in [1.165, 1.54) is 29.8 Å². The van der Waals surface area contributed by atoms with Gasteiger partial charge in [-0.2, -0.15) is 0 Å². The van der Waals surface area contributed by atoms with Crippen LogP contribution in [0.5, 0.6) is 23.0 Å². The monoisotopic (exact) mass is 1000 g/mol. The molecule has 2 saturated heterocycles. The second kappa shape index (κ2) is 22.7. The second-order valence-corrected chi connectivity index (χ2v) is 20.6. The summed E-state index contributed by atoms with van der Waals surface area (Å²) in [6.45, 7) is 18.8. The molecule has 4 aromatic carbocycles. The number of nitrogens with zero attached hydrogens (tertiary/aromatic N) is 5. The van der Waals surface area contributed by atoms with Crippen molar-refractivity contribution in [2.24, 2.45) is 0 Å². The highest BCUT2D eigenvalue weighted by Crippen LogP contribution is 2.33. The van der Waals surface area contributed by atoms with Crippen molar-refractivity contribution >= 4 is 27.9 Å². The van der Waals surface area contributed by atoms with Crippen molar-refractivity contribution in [3.05, 3.63) is 140 Å². The van der Waals surface area contributed by atoms with Gasteiger partial charge in [0.15, 0.2) is 23.0 Å². The fourth-order valence-corrected chi connectivity index (χ4v) is 10.3. The Morgan fingerprint density at radius 2 is 1.08 bits per heavy atom. The number of pyridine rings is 2. The van der Waals surface area contributed by atoms with E-state index in [0.29, 0.717) is 75.4 Å². The van der Waals surface area contributed by atoms with Crippen LogP contribution in [-0.2, 0) is 30.9 Å². The lowest BCUT2D eigenvalue weighted by Crippen LogP contribution is -2.49. The minimum Gasteiger partial charge on any atom is -0.486 e. The predicted molar refractivity (Wildman–Crippen MR) is 278 cm³/mol. The quantitative estimate of drug-likeness (QED) is 0.127. The zero-order chi connectivity index (χ0) is 51.2. The van der Waals surface area contributed by atoms with E-state index in [9.17, 15) is 23.2 Å². The van der Waals surface area contributed by atoms with Crippen LogP contribution >= 0.6 is 0 Å². The number of piperidine rings is 2. The van der Waals surface area contributed by atoms with Crippen LogP contribution in [0.4, 0.5) is 13.6 Å². The number of fused-ring (bicyclic) bond motifs is 4. The van der Waals surface area contributed by atoms with Crippen LogP contribution in [-0.4, -0.2) is 113 Å². The SMILES string of the molecule is Cc1cc(=O)n(CCN2CCC(N(Cc3ccc4c(c3)OCCO4)C(=O)OC(C)(C)C)CC2)c2cc(F)ccc12.Cc1cc(=O)n(CCN2CCC(NCc3ccc4c(c3)OCCO4)CC2)c2cc(F)ccc12. The van der Waals surface area contributed by atoms with Crippen molar-refractivity contribution in [2.75, 3.05) is 65.7 Å². The summed E-state index contributed by atoms with van der Waals surface area (Å²) in [6, 6.07) is 24.9. The molecule has 388 valence electrons. The number of rotatable bonds is 12. The van der Waals surface area contributed by atoms with Crippen LogP contribution in [0.3, 0.4) is 0 Å². The summed E-state index contributed by atoms with van der Waals surface area (Å²) in [5.41, 5.74) is 4.38. The molecule has 2 fully saturated rings. The molecule has 2 aromatic heterocycles. The molecule has 10 rings (SSSR count). The Hall–Kier alpha value is -6.49. The Morgan fingerprint density at radius 1 is 0.616 bits per heavy atom. The van der Waals surface area contributed by atoms with E-state index in [4.69, 9.17) is 23.7 Å². The lowest BCUT2D eigenvalue weighted by atomic mass is 10.0. The zero-order valence-corrected chi connectivity index (χ0v) is 42.7. The van der Waals surface area contributed by atoms with E-state index in [0.717, 1.165) is 110 Å². The summed E-state index contributed by atoms with van der Waals surface area (Å²) in [5.74, 6) is 2.39. The van der Waals surface area contributed by atoms with Gasteiger partial charge in [0.05, 0.1) is 11.0 Å². The minimum absolute atomic E-state index is 0.0105. The first-order chi connectivity index (χ1) is 35.1. The van der Waals surface area contributed by atoms with Gasteiger partial charge >= 0.3 is 6.09 Å². The number of ether oxygens (including phenoxy) is 5. The highest BCUT2D eigenvalue weighted by molar-refractivity contribution is 5.83. The van der Waals surface area contributed by atoms with E-state index in [2.05, 4.69) is 27.2 Å². The number of likely N-dealkylation sites (tertiary alicyclic amines) is 2. The Kier molecular flexibility index (Phi) is 16.0. The molecule has 6 aromatic rings. The number of hydrogen-bond donors (Lipinski definition) is 1. The van der Waals surface area contributed by atoms with Gasteiger partial charge in [-0.1, -0.05) is 12.1 Å². The largest absolute Gasteiger partial charge is 0.486 e. The van der Waals surface area contributed by atoms with Crippen molar-refractivity contribution < 1.29 is 37.3 Å². The molecular formula is C57H68F2N6O8. The molecule has 73 heavy (non-hydrogen) atoms. The van der Waals surface area contributed by atoms with Gasteiger partial charge in [0, 0.05) is 87.3 Å². The van der Waals surface area contributed by atoms with Crippen molar-refractivity contribution in [1.82, 2.24) is 29.2 Å².